The van der Waals surface area contributed by atoms with Gasteiger partial charge in [0.05, 0.1) is 13.7 Å². The van der Waals surface area contributed by atoms with E-state index in [1.165, 1.54) is 38.3 Å². The van der Waals surface area contributed by atoms with Crippen LogP contribution in [0.25, 0.3) is 10.4 Å². The van der Waals surface area contributed by atoms with Crippen molar-refractivity contribution >= 4 is 13.7 Å². The second-order valence-electron chi connectivity index (χ2n) is 9.48. The van der Waals surface area contributed by atoms with Gasteiger partial charge in [0.15, 0.2) is 6.23 Å². The highest BCUT2D eigenvalue weighted by Gasteiger charge is 2.56. The Morgan fingerprint density at radius 3 is 2.50 bits per heavy atom. The molecule has 0 spiro atoms. The Morgan fingerprint density at radius 2 is 1.86 bits per heavy atom. The van der Waals surface area contributed by atoms with Gasteiger partial charge in [-0.3, -0.25) is 23.7 Å². The fourth-order valence-corrected chi connectivity index (χ4v) is 5.63. The first kappa shape index (κ1) is 32.4. The minimum absolute atomic E-state index is 0.00918. The standard InChI is InChI=1S/C26H29N6O11P/c1-16(24(36)40-14-17-6-4-3-5-7-17)29-44(38,43-19-10-8-18(39-2)9-11-19)41-15-26(30-31-27)22(35)21(34)23(42-26)32-13-12-20(33)28-25(32)37/h3-13,16,21-23,34-35H,14-15H2,1-2H3,(H,29,38)(H,28,33,37)/t16-,21+,22-,23+,26+,44?/m0/s1. The number of hydrogen-bond acceptors (Lipinski definition) is 12. The van der Waals surface area contributed by atoms with E-state index in [9.17, 15) is 34.7 Å². The number of nitrogens with one attached hydrogen (secondary N) is 2. The number of ether oxygens (including phenoxy) is 3. The number of esters is 1. The van der Waals surface area contributed by atoms with Crippen LogP contribution in [0.4, 0.5) is 0 Å². The Labute approximate surface area is 249 Å². The van der Waals surface area contributed by atoms with Crippen molar-refractivity contribution in [3.05, 3.63) is 104 Å². The zero-order chi connectivity index (χ0) is 31.9. The number of aromatic amines is 1. The molecule has 44 heavy (non-hydrogen) atoms. The summed E-state index contributed by atoms with van der Waals surface area (Å²) in [7, 11) is -3.16. The first-order chi connectivity index (χ1) is 21.0. The van der Waals surface area contributed by atoms with Crippen molar-refractivity contribution in [2.45, 2.75) is 43.7 Å². The van der Waals surface area contributed by atoms with Crippen molar-refractivity contribution < 1.29 is 42.8 Å². The molecule has 1 aliphatic rings. The molecule has 2 heterocycles. The molecule has 0 radical (unpaired) electrons. The van der Waals surface area contributed by atoms with Crippen molar-refractivity contribution in [3.63, 3.8) is 0 Å². The van der Waals surface area contributed by atoms with E-state index in [-0.39, 0.29) is 12.4 Å². The predicted molar refractivity (Wildman–Crippen MR) is 151 cm³/mol. The van der Waals surface area contributed by atoms with Crippen LogP contribution in [0.15, 0.2) is 81.6 Å². The SMILES string of the molecule is COc1ccc(OP(=O)(N[C@@H](C)C(=O)OCc2ccccc2)OC[C@@]2(N=[N+]=[N-])O[C@@H](n3ccc(=O)[nH]c3=O)[C@H](O)[C@@H]2O)cc1. The fourth-order valence-electron chi connectivity index (χ4n) is 4.11. The minimum atomic E-state index is -4.61. The van der Waals surface area contributed by atoms with Crippen molar-refractivity contribution in [3.8, 4) is 11.5 Å². The molecule has 6 atom stereocenters. The molecule has 4 rings (SSSR count). The molecule has 0 aliphatic carbocycles. The number of hydrogen-bond donors (Lipinski definition) is 4. The van der Waals surface area contributed by atoms with E-state index in [2.05, 4.69) is 15.1 Å². The van der Waals surface area contributed by atoms with Crippen LogP contribution in [0, 0.1) is 0 Å². The molecule has 0 saturated carbocycles. The lowest BCUT2D eigenvalue weighted by molar-refractivity contribution is -0.146. The molecule has 17 nitrogen and oxygen atoms in total. The van der Waals surface area contributed by atoms with Crippen molar-refractivity contribution in [2.75, 3.05) is 13.7 Å². The Balaban J connectivity index is 1.58. The van der Waals surface area contributed by atoms with E-state index >= 15 is 0 Å². The van der Waals surface area contributed by atoms with Crippen molar-refractivity contribution in [1.29, 1.82) is 0 Å². The van der Waals surface area contributed by atoms with Gasteiger partial charge in [-0.2, -0.15) is 5.09 Å². The third kappa shape index (κ3) is 7.53. The van der Waals surface area contributed by atoms with Crippen molar-refractivity contribution in [2.24, 2.45) is 5.11 Å². The third-order valence-electron chi connectivity index (χ3n) is 6.40. The lowest BCUT2D eigenvalue weighted by Crippen LogP contribution is -2.45. The number of nitrogens with zero attached hydrogens (tertiary/aromatic N) is 4. The number of aliphatic hydroxyl groups excluding tert-OH is 2. The van der Waals surface area contributed by atoms with Gasteiger partial charge in [-0.25, -0.2) is 9.36 Å². The van der Waals surface area contributed by atoms with Crippen molar-refractivity contribution in [1.82, 2.24) is 14.6 Å². The van der Waals surface area contributed by atoms with Gasteiger partial charge in [0.25, 0.3) is 5.56 Å². The van der Waals surface area contributed by atoms with Gasteiger partial charge in [-0.15, -0.1) is 0 Å². The largest absolute Gasteiger partial charge is 0.497 e. The van der Waals surface area contributed by atoms with Crippen LogP contribution in [0.3, 0.4) is 0 Å². The molecular weight excluding hydrogens is 603 g/mol. The number of H-pyrrole nitrogens is 1. The summed E-state index contributed by atoms with van der Waals surface area (Å²) < 4.78 is 42.0. The minimum Gasteiger partial charge on any atom is -0.497 e. The van der Waals surface area contributed by atoms with E-state index in [0.29, 0.717) is 11.3 Å². The molecule has 18 heteroatoms. The maximum Gasteiger partial charge on any atom is 0.459 e. The molecule has 2 aromatic carbocycles. The zero-order valence-electron chi connectivity index (χ0n) is 23.4. The molecule has 1 aliphatic heterocycles. The smallest absolute Gasteiger partial charge is 0.459 e. The van der Waals surface area contributed by atoms with E-state index in [1.54, 1.807) is 30.3 Å². The monoisotopic (exact) mass is 632 g/mol. The summed E-state index contributed by atoms with van der Waals surface area (Å²) in [6.07, 6.45) is -4.57. The molecule has 0 bridgehead atoms. The maximum atomic E-state index is 14.0. The molecule has 0 amide bonds. The summed E-state index contributed by atoms with van der Waals surface area (Å²) in [5.41, 5.74) is 5.78. The number of aliphatic hydroxyl groups is 2. The van der Waals surface area contributed by atoms with Gasteiger partial charge in [-0.1, -0.05) is 35.4 Å². The summed E-state index contributed by atoms with van der Waals surface area (Å²) in [5, 5.41) is 27.5. The summed E-state index contributed by atoms with van der Waals surface area (Å²) in [5.74, 6) is -0.345. The van der Waals surface area contributed by atoms with Crippen LogP contribution in [0.2, 0.25) is 0 Å². The highest BCUT2D eigenvalue weighted by Crippen LogP contribution is 2.48. The zero-order valence-corrected chi connectivity index (χ0v) is 24.3. The number of methoxy groups -OCH3 is 1. The molecular formula is C26H29N6O11P. The number of azide groups is 1. The molecule has 1 saturated heterocycles. The molecule has 4 N–H and O–H groups in total. The van der Waals surface area contributed by atoms with Crippen LogP contribution in [-0.2, 0) is 30.0 Å². The lowest BCUT2D eigenvalue weighted by atomic mass is 10.1. The highest BCUT2D eigenvalue weighted by molar-refractivity contribution is 7.52. The molecule has 1 aromatic heterocycles. The topological polar surface area (TPSA) is 236 Å². The van der Waals surface area contributed by atoms with Crippen LogP contribution in [-0.4, -0.2) is 63.4 Å². The first-order valence-electron chi connectivity index (χ1n) is 13.0. The number of carbonyl (C=O) groups excluding carboxylic acids is 1. The number of carbonyl (C=O) groups is 1. The number of benzene rings is 2. The maximum absolute atomic E-state index is 14.0. The average molecular weight is 633 g/mol. The Bertz CT molecular complexity index is 1660. The van der Waals surface area contributed by atoms with Crippen LogP contribution < -0.4 is 25.6 Å². The van der Waals surface area contributed by atoms with E-state index in [0.717, 1.165) is 16.8 Å². The Morgan fingerprint density at radius 1 is 1.18 bits per heavy atom. The lowest BCUT2D eigenvalue weighted by Gasteiger charge is -2.29. The van der Waals surface area contributed by atoms with Gasteiger partial charge < -0.3 is 28.9 Å². The van der Waals surface area contributed by atoms with Gasteiger partial charge in [0.2, 0.25) is 5.72 Å². The van der Waals surface area contributed by atoms with Crippen LogP contribution in [0.5, 0.6) is 11.5 Å². The molecule has 1 fully saturated rings. The molecule has 1 unspecified atom stereocenters. The number of aromatic nitrogens is 2. The van der Waals surface area contributed by atoms with Gasteiger partial charge in [0.1, 0.15) is 36.4 Å². The van der Waals surface area contributed by atoms with E-state index in [1.807, 2.05) is 4.98 Å². The predicted octanol–water partition coefficient (Wildman–Crippen LogP) is 1.73. The Kier molecular flexibility index (Phi) is 10.2. The second-order valence-corrected chi connectivity index (χ2v) is 11.2. The fraction of sp³-hybridized carbons (Fsp3) is 0.346. The Hall–Kier alpha value is -4.47. The average Bonchev–Trinajstić information content (AvgIpc) is 3.25. The highest BCUT2D eigenvalue weighted by atomic mass is 31.2. The normalized spacial score (nSPS) is 23.1. The van der Waals surface area contributed by atoms with Gasteiger partial charge >= 0.3 is 19.4 Å². The van der Waals surface area contributed by atoms with Gasteiger partial charge in [0, 0.05) is 17.2 Å². The number of rotatable bonds is 13. The first-order valence-corrected chi connectivity index (χ1v) is 14.5. The quantitative estimate of drug-likeness (QED) is 0.0693. The summed E-state index contributed by atoms with van der Waals surface area (Å²) in [4.78, 5) is 41.2. The second kappa shape index (κ2) is 13.9. The van der Waals surface area contributed by atoms with Gasteiger partial charge in [-0.05, 0) is 42.3 Å². The summed E-state index contributed by atoms with van der Waals surface area (Å²) >= 11 is 0. The summed E-state index contributed by atoms with van der Waals surface area (Å²) in [6, 6.07) is 14.3. The molecule has 234 valence electrons. The third-order valence-corrected chi connectivity index (χ3v) is 8.02. The van der Waals surface area contributed by atoms with Crippen LogP contribution >= 0.6 is 7.75 Å². The van der Waals surface area contributed by atoms with E-state index < -0.39 is 61.8 Å². The molecule has 3 aromatic rings. The van der Waals surface area contributed by atoms with E-state index in [4.69, 9.17) is 23.3 Å². The van der Waals surface area contributed by atoms with Crippen LogP contribution in [0.1, 0.15) is 18.7 Å². The summed E-state index contributed by atoms with van der Waals surface area (Å²) in [6.45, 7) is 0.267.